The molecular weight excluding hydrogens is 250 g/mol. The third-order valence-electron chi connectivity index (χ3n) is 2.04. The SMILES string of the molecule is CCOc1ccc2nc(SC(C)(C)C)sc2c1. The van der Waals surface area contributed by atoms with Gasteiger partial charge in [-0.05, 0) is 25.1 Å². The summed E-state index contributed by atoms with van der Waals surface area (Å²) in [6.07, 6.45) is 0. The van der Waals surface area contributed by atoms with Crippen molar-refractivity contribution in [2.75, 3.05) is 6.61 Å². The number of aromatic nitrogens is 1. The second-order valence-electron chi connectivity index (χ2n) is 4.76. The minimum absolute atomic E-state index is 0.205. The molecule has 2 nitrogen and oxygen atoms in total. The van der Waals surface area contributed by atoms with E-state index in [1.165, 1.54) is 4.70 Å². The molecular formula is C13H17NOS2. The summed E-state index contributed by atoms with van der Waals surface area (Å²) in [7, 11) is 0. The molecule has 1 aromatic carbocycles. The van der Waals surface area contributed by atoms with Crippen LogP contribution in [0.2, 0.25) is 0 Å². The Morgan fingerprint density at radius 3 is 2.76 bits per heavy atom. The van der Waals surface area contributed by atoms with Crippen LogP contribution in [0.25, 0.3) is 10.2 Å². The van der Waals surface area contributed by atoms with Crippen molar-refractivity contribution in [3.8, 4) is 5.75 Å². The van der Waals surface area contributed by atoms with Crippen molar-refractivity contribution in [3.63, 3.8) is 0 Å². The number of fused-ring (bicyclic) bond motifs is 1. The van der Waals surface area contributed by atoms with Gasteiger partial charge in [0.2, 0.25) is 0 Å². The Bertz CT molecular complexity index is 514. The van der Waals surface area contributed by atoms with Crippen molar-refractivity contribution in [2.24, 2.45) is 0 Å². The van der Waals surface area contributed by atoms with Crippen molar-refractivity contribution in [1.82, 2.24) is 4.98 Å². The van der Waals surface area contributed by atoms with E-state index in [0.29, 0.717) is 6.61 Å². The zero-order valence-electron chi connectivity index (χ0n) is 10.6. The molecule has 1 aromatic heterocycles. The lowest BCUT2D eigenvalue weighted by molar-refractivity contribution is 0.341. The lowest BCUT2D eigenvalue weighted by atomic mass is 10.3. The molecule has 0 unspecified atom stereocenters. The third kappa shape index (κ3) is 3.36. The molecule has 0 fully saturated rings. The lowest BCUT2D eigenvalue weighted by Crippen LogP contribution is -2.06. The zero-order chi connectivity index (χ0) is 12.5. The van der Waals surface area contributed by atoms with E-state index in [1.807, 2.05) is 30.8 Å². The van der Waals surface area contributed by atoms with Gasteiger partial charge in [-0.2, -0.15) is 0 Å². The monoisotopic (exact) mass is 267 g/mol. The van der Waals surface area contributed by atoms with Crippen LogP contribution in [0.15, 0.2) is 22.5 Å². The van der Waals surface area contributed by atoms with Crippen LogP contribution >= 0.6 is 23.1 Å². The molecule has 17 heavy (non-hydrogen) atoms. The third-order valence-corrected chi connectivity index (χ3v) is 4.24. The molecule has 0 saturated heterocycles. The lowest BCUT2D eigenvalue weighted by Gasteiger charge is -2.14. The Hall–Kier alpha value is -0.740. The number of rotatable bonds is 3. The van der Waals surface area contributed by atoms with E-state index < -0.39 is 0 Å². The van der Waals surface area contributed by atoms with Gasteiger partial charge >= 0.3 is 0 Å². The van der Waals surface area contributed by atoms with Gasteiger partial charge in [0, 0.05) is 4.75 Å². The first-order valence-corrected chi connectivity index (χ1v) is 7.33. The summed E-state index contributed by atoms with van der Waals surface area (Å²) >= 11 is 3.55. The van der Waals surface area contributed by atoms with Gasteiger partial charge in [-0.1, -0.05) is 32.5 Å². The predicted molar refractivity (Wildman–Crippen MR) is 76.4 cm³/mol. The standard InChI is InChI=1S/C13H17NOS2/c1-5-15-9-6-7-10-11(8-9)16-12(14-10)17-13(2,3)4/h6-8H,5H2,1-4H3. The summed E-state index contributed by atoms with van der Waals surface area (Å²) in [5.41, 5.74) is 1.06. The van der Waals surface area contributed by atoms with Crippen LogP contribution in [-0.2, 0) is 0 Å². The molecule has 4 heteroatoms. The van der Waals surface area contributed by atoms with Crippen molar-refractivity contribution in [2.45, 2.75) is 36.8 Å². The Morgan fingerprint density at radius 2 is 2.12 bits per heavy atom. The molecule has 0 saturated carbocycles. The second kappa shape index (κ2) is 4.86. The van der Waals surface area contributed by atoms with Crippen molar-refractivity contribution in [3.05, 3.63) is 18.2 Å². The fourth-order valence-corrected chi connectivity index (χ4v) is 4.03. The summed E-state index contributed by atoms with van der Waals surface area (Å²) in [5, 5.41) is 0. The van der Waals surface area contributed by atoms with Gasteiger partial charge in [0.05, 0.1) is 16.8 Å². The van der Waals surface area contributed by atoms with Crippen LogP contribution in [0, 0.1) is 0 Å². The number of thioether (sulfide) groups is 1. The van der Waals surface area contributed by atoms with Crippen molar-refractivity contribution >= 4 is 33.3 Å². The molecule has 2 aromatic rings. The summed E-state index contributed by atoms with van der Waals surface area (Å²) < 4.78 is 8.02. The Kier molecular flexibility index (Phi) is 3.64. The molecule has 0 N–H and O–H groups in total. The molecule has 0 spiro atoms. The second-order valence-corrected chi connectivity index (χ2v) is 7.86. The first kappa shape index (κ1) is 12.7. The van der Waals surface area contributed by atoms with E-state index in [0.717, 1.165) is 15.6 Å². The minimum Gasteiger partial charge on any atom is -0.494 e. The highest BCUT2D eigenvalue weighted by Gasteiger charge is 2.15. The number of nitrogens with zero attached hydrogens (tertiary/aromatic N) is 1. The van der Waals surface area contributed by atoms with Gasteiger partial charge < -0.3 is 4.74 Å². The van der Waals surface area contributed by atoms with Crippen LogP contribution in [0.5, 0.6) is 5.75 Å². The Balaban J connectivity index is 2.30. The van der Waals surface area contributed by atoms with E-state index >= 15 is 0 Å². The van der Waals surface area contributed by atoms with Gasteiger partial charge in [-0.3, -0.25) is 0 Å². The fraction of sp³-hybridized carbons (Fsp3) is 0.462. The highest BCUT2D eigenvalue weighted by atomic mass is 32.2. The van der Waals surface area contributed by atoms with Gasteiger partial charge in [0.25, 0.3) is 0 Å². The fourth-order valence-electron chi connectivity index (χ4n) is 1.45. The number of benzene rings is 1. The van der Waals surface area contributed by atoms with Gasteiger partial charge in [-0.25, -0.2) is 4.98 Å². The summed E-state index contributed by atoms with van der Waals surface area (Å²) in [6.45, 7) is 9.31. The smallest absolute Gasteiger partial charge is 0.151 e. The van der Waals surface area contributed by atoms with E-state index in [-0.39, 0.29) is 4.75 Å². The quantitative estimate of drug-likeness (QED) is 0.760. The molecule has 0 radical (unpaired) electrons. The predicted octanol–water partition coefficient (Wildman–Crippen LogP) is 4.59. The molecule has 0 aliphatic carbocycles. The maximum atomic E-state index is 5.50. The van der Waals surface area contributed by atoms with Crippen LogP contribution in [0.1, 0.15) is 27.7 Å². The molecule has 0 amide bonds. The molecule has 2 rings (SSSR count). The summed E-state index contributed by atoms with van der Waals surface area (Å²) in [5.74, 6) is 0.927. The van der Waals surface area contributed by atoms with E-state index in [9.17, 15) is 0 Å². The average molecular weight is 267 g/mol. The topological polar surface area (TPSA) is 22.1 Å². The van der Waals surface area contributed by atoms with Gasteiger partial charge in [-0.15, -0.1) is 11.3 Å². The summed E-state index contributed by atoms with van der Waals surface area (Å²) in [6, 6.07) is 6.09. The average Bonchev–Trinajstić information content (AvgIpc) is 2.56. The molecule has 0 bridgehead atoms. The molecule has 0 aliphatic heterocycles. The Morgan fingerprint density at radius 1 is 1.35 bits per heavy atom. The van der Waals surface area contributed by atoms with Crippen LogP contribution in [0.3, 0.4) is 0 Å². The normalized spacial score (nSPS) is 12.0. The van der Waals surface area contributed by atoms with E-state index in [1.54, 1.807) is 11.3 Å². The molecule has 0 aliphatic rings. The Labute approximate surface area is 110 Å². The summed E-state index contributed by atoms with van der Waals surface area (Å²) in [4.78, 5) is 4.63. The maximum Gasteiger partial charge on any atom is 0.151 e. The number of hydrogen-bond acceptors (Lipinski definition) is 4. The molecule has 0 atom stereocenters. The zero-order valence-corrected chi connectivity index (χ0v) is 12.2. The maximum absolute atomic E-state index is 5.50. The molecule has 92 valence electrons. The van der Waals surface area contributed by atoms with E-state index in [4.69, 9.17) is 4.74 Å². The van der Waals surface area contributed by atoms with Crippen LogP contribution in [-0.4, -0.2) is 16.3 Å². The van der Waals surface area contributed by atoms with E-state index in [2.05, 4.69) is 31.8 Å². The van der Waals surface area contributed by atoms with Crippen LogP contribution in [0.4, 0.5) is 0 Å². The minimum atomic E-state index is 0.205. The van der Waals surface area contributed by atoms with Crippen LogP contribution < -0.4 is 4.74 Å². The highest BCUT2D eigenvalue weighted by Crippen LogP contribution is 2.37. The first-order valence-electron chi connectivity index (χ1n) is 5.70. The van der Waals surface area contributed by atoms with Gasteiger partial charge in [0.15, 0.2) is 4.34 Å². The first-order chi connectivity index (χ1) is 7.98. The van der Waals surface area contributed by atoms with Gasteiger partial charge in [0.1, 0.15) is 5.75 Å². The van der Waals surface area contributed by atoms with Crippen molar-refractivity contribution in [1.29, 1.82) is 0 Å². The highest BCUT2D eigenvalue weighted by molar-refractivity contribution is 8.02. The number of hydrogen-bond donors (Lipinski definition) is 0. The van der Waals surface area contributed by atoms with Crippen molar-refractivity contribution < 1.29 is 4.74 Å². The largest absolute Gasteiger partial charge is 0.494 e. The number of thiazole rings is 1. The number of ether oxygens (including phenoxy) is 1. The molecule has 1 heterocycles.